The lowest BCUT2D eigenvalue weighted by Gasteiger charge is -2.31. The molecule has 1 heterocycles. The zero-order chi connectivity index (χ0) is 20.0. The molecule has 1 rings (SSSR count). The minimum Gasteiger partial charge on any atom is -0.268 e. The highest BCUT2D eigenvalue weighted by atomic mass is 16.1. The van der Waals surface area contributed by atoms with Gasteiger partial charge < -0.3 is 0 Å². The van der Waals surface area contributed by atoms with Crippen LogP contribution in [0, 0.1) is 5.92 Å². The third-order valence-electron chi connectivity index (χ3n) is 6.53. The Morgan fingerprint density at radius 2 is 1.44 bits per heavy atom. The van der Waals surface area contributed by atoms with Crippen molar-refractivity contribution < 1.29 is 0 Å². The second kappa shape index (κ2) is 14.0. The van der Waals surface area contributed by atoms with Gasteiger partial charge in [0.15, 0.2) is 0 Å². The average molecular weight is 377 g/mol. The number of aromatic nitrogens is 2. The lowest BCUT2D eigenvalue weighted by molar-refractivity contribution is 0.306. The number of nitrogens with one attached hydrogen (secondary N) is 1. The SMILES string of the molecule is CCCCCCC(CCCCC)CCCC(CC)(CC)c1ccc(=O)[nH]n1. The zero-order valence-corrected chi connectivity index (χ0v) is 18.5. The summed E-state index contributed by atoms with van der Waals surface area (Å²) in [6, 6.07) is 3.57. The molecule has 0 amide bonds. The van der Waals surface area contributed by atoms with Crippen LogP contribution in [0.1, 0.15) is 123 Å². The fourth-order valence-corrected chi connectivity index (χ4v) is 4.44. The summed E-state index contributed by atoms with van der Waals surface area (Å²) in [7, 11) is 0. The van der Waals surface area contributed by atoms with E-state index in [0.717, 1.165) is 24.5 Å². The van der Waals surface area contributed by atoms with Crippen LogP contribution in [0.5, 0.6) is 0 Å². The second-order valence-electron chi connectivity index (χ2n) is 8.40. The number of aromatic amines is 1. The monoisotopic (exact) mass is 376 g/mol. The number of H-pyrrole nitrogens is 1. The summed E-state index contributed by atoms with van der Waals surface area (Å²) in [6.07, 6.45) is 18.4. The summed E-state index contributed by atoms with van der Waals surface area (Å²) in [6.45, 7) is 9.11. The quantitative estimate of drug-likeness (QED) is 0.311. The van der Waals surface area contributed by atoms with E-state index in [2.05, 4.69) is 37.9 Å². The van der Waals surface area contributed by atoms with Crippen LogP contribution in [0.15, 0.2) is 16.9 Å². The third-order valence-corrected chi connectivity index (χ3v) is 6.53. The Labute approximate surface area is 167 Å². The molecule has 1 N–H and O–H groups in total. The van der Waals surface area contributed by atoms with Gasteiger partial charge in [-0.05, 0) is 31.2 Å². The van der Waals surface area contributed by atoms with Gasteiger partial charge in [0.25, 0.3) is 5.56 Å². The Morgan fingerprint density at radius 1 is 0.852 bits per heavy atom. The molecule has 1 atom stereocenters. The van der Waals surface area contributed by atoms with Crippen LogP contribution >= 0.6 is 0 Å². The van der Waals surface area contributed by atoms with Gasteiger partial charge in [-0.25, -0.2) is 5.10 Å². The highest BCUT2D eigenvalue weighted by Gasteiger charge is 2.30. The van der Waals surface area contributed by atoms with Crippen LogP contribution in [-0.4, -0.2) is 10.2 Å². The lowest BCUT2D eigenvalue weighted by Crippen LogP contribution is -2.27. The van der Waals surface area contributed by atoms with Gasteiger partial charge in [0.1, 0.15) is 0 Å². The standard InChI is InChI=1S/C24H44N2O/c1-5-9-11-13-16-21(15-12-10-6-2)17-14-20-24(7-3,8-4)22-18-19-23(27)26-25-22/h18-19,21H,5-17,20H2,1-4H3,(H,26,27). The number of hydrogen-bond donors (Lipinski definition) is 1. The van der Waals surface area contributed by atoms with E-state index >= 15 is 0 Å². The Hall–Kier alpha value is -1.12. The van der Waals surface area contributed by atoms with Crippen molar-refractivity contribution in [2.24, 2.45) is 5.92 Å². The molecule has 0 saturated heterocycles. The highest BCUT2D eigenvalue weighted by Crippen LogP contribution is 2.36. The fraction of sp³-hybridized carbons (Fsp3) is 0.833. The molecule has 0 bridgehead atoms. The third kappa shape index (κ3) is 8.62. The predicted octanol–water partition coefficient (Wildman–Crippen LogP) is 7.16. The van der Waals surface area contributed by atoms with Crippen molar-refractivity contribution in [1.82, 2.24) is 10.2 Å². The maximum absolute atomic E-state index is 11.4. The molecule has 156 valence electrons. The van der Waals surface area contributed by atoms with Crippen LogP contribution in [0.4, 0.5) is 0 Å². The van der Waals surface area contributed by atoms with E-state index in [-0.39, 0.29) is 11.0 Å². The maximum Gasteiger partial charge on any atom is 0.264 e. The van der Waals surface area contributed by atoms with Crippen molar-refractivity contribution in [2.45, 2.75) is 123 Å². The summed E-state index contributed by atoms with van der Waals surface area (Å²) in [5.74, 6) is 0.892. The minimum absolute atomic E-state index is 0.108. The number of hydrogen-bond acceptors (Lipinski definition) is 2. The summed E-state index contributed by atoms with van der Waals surface area (Å²) >= 11 is 0. The smallest absolute Gasteiger partial charge is 0.264 e. The van der Waals surface area contributed by atoms with Crippen LogP contribution in [-0.2, 0) is 5.41 Å². The molecule has 27 heavy (non-hydrogen) atoms. The average Bonchev–Trinajstić information content (AvgIpc) is 2.69. The highest BCUT2D eigenvalue weighted by molar-refractivity contribution is 5.14. The molecular formula is C24H44N2O. The Bertz CT molecular complexity index is 513. The van der Waals surface area contributed by atoms with E-state index in [4.69, 9.17) is 0 Å². The molecule has 1 unspecified atom stereocenters. The molecule has 0 aliphatic carbocycles. The first-order valence-electron chi connectivity index (χ1n) is 11.7. The predicted molar refractivity (Wildman–Crippen MR) is 117 cm³/mol. The van der Waals surface area contributed by atoms with Crippen molar-refractivity contribution >= 4 is 0 Å². The van der Waals surface area contributed by atoms with Gasteiger partial charge in [-0.2, -0.15) is 5.10 Å². The van der Waals surface area contributed by atoms with Crippen LogP contribution in [0.3, 0.4) is 0 Å². The number of rotatable bonds is 16. The first kappa shape index (κ1) is 23.9. The summed E-state index contributed by atoms with van der Waals surface area (Å²) in [4.78, 5) is 11.4. The normalized spacial score (nSPS) is 13.0. The van der Waals surface area contributed by atoms with E-state index < -0.39 is 0 Å². The molecule has 0 aliphatic heterocycles. The summed E-state index contributed by atoms with van der Waals surface area (Å²) in [5.41, 5.74) is 1.07. The molecule has 3 heteroatoms. The Balaban J connectivity index is 2.61. The molecule has 0 fully saturated rings. The maximum atomic E-state index is 11.4. The Kier molecular flexibility index (Phi) is 12.4. The molecule has 0 radical (unpaired) electrons. The number of unbranched alkanes of at least 4 members (excludes halogenated alkanes) is 5. The van der Waals surface area contributed by atoms with Crippen molar-refractivity contribution in [3.05, 3.63) is 28.2 Å². The van der Waals surface area contributed by atoms with E-state index in [1.54, 1.807) is 6.07 Å². The van der Waals surface area contributed by atoms with E-state index in [1.807, 2.05) is 6.07 Å². The topological polar surface area (TPSA) is 45.8 Å². The first-order valence-corrected chi connectivity index (χ1v) is 11.7. The van der Waals surface area contributed by atoms with E-state index in [1.165, 1.54) is 77.0 Å². The molecule has 0 aliphatic rings. The van der Waals surface area contributed by atoms with Gasteiger partial charge in [0, 0.05) is 11.5 Å². The largest absolute Gasteiger partial charge is 0.268 e. The first-order chi connectivity index (χ1) is 13.1. The van der Waals surface area contributed by atoms with Gasteiger partial charge in [-0.3, -0.25) is 4.79 Å². The molecule has 1 aromatic rings. The van der Waals surface area contributed by atoms with Crippen molar-refractivity contribution in [3.8, 4) is 0 Å². The van der Waals surface area contributed by atoms with Crippen molar-refractivity contribution in [2.75, 3.05) is 0 Å². The molecule has 3 nitrogen and oxygen atoms in total. The Morgan fingerprint density at radius 3 is 2.00 bits per heavy atom. The molecular weight excluding hydrogens is 332 g/mol. The summed E-state index contributed by atoms with van der Waals surface area (Å²) in [5, 5.41) is 7.03. The van der Waals surface area contributed by atoms with Crippen LogP contribution in [0.2, 0.25) is 0 Å². The van der Waals surface area contributed by atoms with E-state index in [9.17, 15) is 4.79 Å². The van der Waals surface area contributed by atoms with Crippen molar-refractivity contribution in [1.29, 1.82) is 0 Å². The molecule has 0 saturated carbocycles. The van der Waals surface area contributed by atoms with Gasteiger partial charge in [-0.1, -0.05) is 98.3 Å². The molecule has 0 aromatic carbocycles. The fourth-order valence-electron chi connectivity index (χ4n) is 4.44. The molecule has 1 aromatic heterocycles. The molecule has 0 spiro atoms. The van der Waals surface area contributed by atoms with E-state index in [0.29, 0.717) is 0 Å². The van der Waals surface area contributed by atoms with Gasteiger partial charge >= 0.3 is 0 Å². The second-order valence-corrected chi connectivity index (χ2v) is 8.40. The number of nitrogens with zero attached hydrogens (tertiary/aromatic N) is 1. The van der Waals surface area contributed by atoms with Gasteiger partial charge in [-0.15, -0.1) is 0 Å². The lowest BCUT2D eigenvalue weighted by atomic mass is 9.74. The van der Waals surface area contributed by atoms with Crippen LogP contribution in [0.25, 0.3) is 0 Å². The van der Waals surface area contributed by atoms with Gasteiger partial charge in [0.05, 0.1) is 5.69 Å². The van der Waals surface area contributed by atoms with Gasteiger partial charge in [0.2, 0.25) is 0 Å². The van der Waals surface area contributed by atoms with Crippen LogP contribution < -0.4 is 5.56 Å². The summed E-state index contributed by atoms with van der Waals surface area (Å²) < 4.78 is 0. The zero-order valence-electron chi connectivity index (χ0n) is 18.5. The van der Waals surface area contributed by atoms with Crippen molar-refractivity contribution in [3.63, 3.8) is 0 Å². The minimum atomic E-state index is -0.108.